The predicted octanol–water partition coefficient (Wildman–Crippen LogP) is 1.19. The quantitative estimate of drug-likeness (QED) is 0.798. The van der Waals surface area contributed by atoms with Crippen molar-refractivity contribution >= 4 is 10.0 Å². The fraction of sp³-hybridized carbons (Fsp3) is 0.385. The molecule has 6 heteroatoms. The molecule has 0 radical (unpaired) electrons. The zero-order valence-corrected chi connectivity index (χ0v) is 11.8. The van der Waals surface area contributed by atoms with Crippen LogP contribution in [-0.2, 0) is 16.6 Å². The van der Waals surface area contributed by atoms with Gasteiger partial charge in [0.15, 0.2) is 0 Å². The highest BCUT2D eigenvalue weighted by molar-refractivity contribution is 7.89. The summed E-state index contributed by atoms with van der Waals surface area (Å²) in [5, 5.41) is 3.02. The molecule has 1 aromatic rings. The van der Waals surface area contributed by atoms with E-state index in [1.807, 2.05) is 6.92 Å². The summed E-state index contributed by atoms with van der Waals surface area (Å²) in [7, 11) is -2.40. The van der Waals surface area contributed by atoms with Crippen LogP contribution in [0.1, 0.15) is 12.5 Å². The van der Waals surface area contributed by atoms with E-state index in [9.17, 15) is 12.8 Å². The van der Waals surface area contributed by atoms with Crippen LogP contribution in [0.15, 0.2) is 23.1 Å². The van der Waals surface area contributed by atoms with E-state index in [-0.39, 0.29) is 11.4 Å². The van der Waals surface area contributed by atoms with Gasteiger partial charge < -0.3 is 5.32 Å². The summed E-state index contributed by atoms with van der Waals surface area (Å²) in [4.78, 5) is -0.0498. The lowest BCUT2D eigenvalue weighted by atomic mass is 10.2. The van der Waals surface area contributed by atoms with Gasteiger partial charge in [-0.1, -0.05) is 18.9 Å². The van der Waals surface area contributed by atoms with Crippen LogP contribution in [-0.4, -0.2) is 32.9 Å². The highest BCUT2D eigenvalue weighted by atomic mass is 32.2. The van der Waals surface area contributed by atoms with Gasteiger partial charge in [-0.2, -0.15) is 4.31 Å². The number of rotatable bonds is 6. The Bertz CT molecular complexity index is 579. The van der Waals surface area contributed by atoms with Crippen molar-refractivity contribution in [3.63, 3.8) is 0 Å². The molecule has 19 heavy (non-hydrogen) atoms. The highest BCUT2D eigenvalue weighted by Gasteiger charge is 2.23. The van der Waals surface area contributed by atoms with Crippen LogP contribution in [0.4, 0.5) is 4.39 Å². The van der Waals surface area contributed by atoms with Crippen molar-refractivity contribution in [3.05, 3.63) is 29.6 Å². The molecule has 0 fully saturated rings. The van der Waals surface area contributed by atoms with Crippen molar-refractivity contribution in [2.45, 2.75) is 18.4 Å². The van der Waals surface area contributed by atoms with E-state index < -0.39 is 15.8 Å². The molecule has 1 aromatic carbocycles. The summed E-state index contributed by atoms with van der Waals surface area (Å²) in [6.07, 6.45) is 5.11. The molecule has 0 saturated carbocycles. The second kappa shape index (κ2) is 6.66. The molecule has 0 saturated heterocycles. The topological polar surface area (TPSA) is 49.4 Å². The molecule has 0 aliphatic carbocycles. The van der Waals surface area contributed by atoms with Gasteiger partial charge in [0.1, 0.15) is 5.82 Å². The second-order valence-corrected chi connectivity index (χ2v) is 6.01. The predicted molar refractivity (Wildman–Crippen MR) is 72.4 cm³/mol. The molecule has 4 nitrogen and oxygen atoms in total. The molecule has 104 valence electrons. The molecule has 0 spiro atoms. The van der Waals surface area contributed by atoms with Crippen molar-refractivity contribution in [2.24, 2.45) is 0 Å². The summed E-state index contributed by atoms with van der Waals surface area (Å²) in [5.74, 6) is 1.67. The van der Waals surface area contributed by atoms with E-state index in [0.29, 0.717) is 18.7 Å². The minimum Gasteiger partial charge on any atom is -0.313 e. The number of hydrogen-bond donors (Lipinski definition) is 1. The van der Waals surface area contributed by atoms with Crippen LogP contribution >= 0.6 is 0 Å². The number of halogens is 1. The largest absolute Gasteiger partial charge is 0.313 e. The average molecular weight is 284 g/mol. The zero-order valence-electron chi connectivity index (χ0n) is 11.0. The summed E-state index contributed by atoms with van der Waals surface area (Å²) in [6.45, 7) is 2.90. The Morgan fingerprint density at radius 3 is 2.74 bits per heavy atom. The number of nitrogens with one attached hydrogen (secondary N) is 1. The summed E-state index contributed by atoms with van der Waals surface area (Å²) in [5.41, 5.74) is 0.520. The van der Waals surface area contributed by atoms with Gasteiger partial charge in [-0.25, -0.2) is 12.8 Å². The lowest BCUT2D eigenvalue weighted by Gasteiger charge is -2.17. The molecule has 0 atom stereocenters. The van der Waals surface area contributed by atoms with Gasteiger partial charge in [0.25, 0.3) is 0 Å². The lowest BCUT2D eigenvalue weighted by molar-refractivity contribution is 0.499. The monoisotopic (exact) mass is 284 g/mol. The Balaban J connectivity index is 3.24. The molecule has 0 aromatic heterocycles. The van der Waals surface area contributed by atoms with Crippen LogP contribution in [0.2, 0.25) is 0 Å². The maximum absolute atomic E-state index is 13.3. The van der Waals surface area contributed by atoms with Crippen molar-refractivity contribution in [1.29, 1.82) is 0 Å². The number of sulfonamides is 1. The molecule has 0 aliphatic heterocycles. The maximum Gasteiger partial charge on any atom is 0.244 e. The molecular formula is C13H17FN2O2S. The minimum atomic E-state index is -3.77. The van der Waals surface area contributed by atoms with Gasteiger partial charge in [0, 0.05) is 13.6 Å². The third-order valence-corrected chi connectivity index (χ3v) is 4.48. The Labute approximate surface area is 113 Å². The first-order valence-electron chi connectivity index (χ1n) is 5.82. The van der Waals surface area contributed by atoms with Crippen LogP contribution < -0.4 is 5.32 Å². The van der Waals surface area contributed by atoms with E-state index in [1.165, 1.54) is 19.2 Å². The third kappa shape index (κ3) is 3.77. The number of benzene rings is 1. The van der Waals surface area contributed by atoms with Gasteiger partial charge in [-0.05, 0) is 24.2 Å². The average Bonchev–Trinajstić information content (AvgIpc) is 2.37. The first kappa shape index (κ1) is 15.6. The van der Waals surface area contributed by atoms with Gasteiger partial charge in [-0.3, -0.25) is 0 Å². The zero-order chi connectivity index (χ0) is 14.5. The molecule has 0 bridgehead atoms. The third-order valence-electron chi connectivity index (χ3n) is 2.60. The summed E-state index contributed by atoms with van der Waals surface area (Å²) >= 11 is 0. The van der Waals surface area contributed by atoms with E-state index in [4.69, 9.17) is 6.42 Å². The molecule has 0 heterocycles. The normalized spacial score (nSPS) is 11.5. The molecule has 1 rings (SSSR count). The second-order valence-electron chi connectivity index (χ2n) is 4.00. The smallest absolute Gasteiger partial charge is 0.244 e. The Kier molecular flexibility index (Phi) is 5.48. The van der Waals surface area contributed by atoms with Crippen LogP contribution in [0, 0.1) is 18.2 Å². The van der Waals surface area contributed by atoms with Gasteiger partial charge in [0.2, 0.25) is 10.0 Å². The van der Waals surface area contributed by atoms with Crippen molar-refractivity contribution < 1.29 is 12.8 Å². The SMILES string of the molecule is C#CCN(C)S(=O)(=O)c1cc(F)ccc1CNCC. The molecule has 0 aliphatic rings. The molecule has 0 unspecified atom stereocenters. The van der Waals surface area contributed by atoms with Crippen LogP contribution in [0.5, 0.6) is 0 Å². The van der Waals surface area contributed by atoms with Crippen molar-refractivity contribution in [1.82, 2.24) is 9.62 Å². The van der Waals surface area contributed by atoms with Gasteiger partial charge in [-0.15, -0.1) is 6.42 Å². The Hall–Kier alpha value is -1.42. The van der Waals surface area contributed by atoms with E-state index >= 15 is 0 Å². The van der Waals surface area contributed by atoms with E-state index in [2.05, 4.69) is 11.2 Å². The van der Waals surface area contributed by atoms with E-state index in [1.54, 1.807) is 0 Å². The van der Waals surface area contributed by atoms with Crippen LogP contribution in [0.25, 0.3) is 0 Å². The summed E-state index contributed by atoms with van der Waals surface area (Å²) in [6, 6.07) is 3.73. The van der Waals surface area contributed by atoms with Gasteiger partial charge >= 0.3 is 0 Å². The fourth-order valence-electron chi connectivity index (χ4n) is 1.56. The highest BCUT2D eigenvalue weighted by Crippen LogP contribution is 2.20. The first-order chi connectivity index (χ1) is 8.93. The van der Waals surface area contributed by atoms with E-state index in [0.717, 1.165) is 10.4 Å². The number of terminal acetylenes is 1. The van der Waals surface area contributed by atoms with Crippen molar-refractivity contribution in [3.8, 4) is 12.3 Å². The standard InChI is InChI=1S/C13H17FN2O2S/c1-4-8-16(3)19(17,18)13-9-12(14)7-6-11(13)10-15-5-2/h1,6-7,9,15H,5,8,10H2,2-3H3. The van der Waals surface area contributed by atoms with Crippen molar-refractivity contribution in [2.75, 3.05) is 20.1 Å². The first-order valence-corrected chi connectivity index (χ1v) is 7.26. The van der Waals surface area contributed by atoms with Gasteiger partial charge in [0.05, 0.1) is 11.4 Å². The lowest BCUT2D eigenvalue weighted by Crippen LogP contribution is -2.29. The Morgan fingerprint density at radius 1 is 1.47 bits per heavy atom. The maximum atomic E-state index is 13.3. The Morgan fingerprint density at radius 2 is 2.16 bits per heavy atom. The van der Waals surface area contributed by atoms with Crippen LogP contribution in [0.3, 0.4) is 0 Å². The minimum absolute atomic E-state index is 0.0498. The molecule has 0 amide bonds. The number of nitrogens with zero attached hydrogens (tertiary/aromatic N) is 1. The molecular weight excluding hydrogens is 267 g/mol. The summed E-state index contributed by atoms with van der Waals surface area (Å²) < 4.78 is 38.9. The fourth-order valence-corrected chi connectivity index (χ4v) is 2.87. The molecule has 1 N–H and O–H groups in total. The number of hydrogen-bond acceptors (Lipinski definition) is 3.